The molecule has 5 heteroatoms. The Morgan fingerprint density at radius 3 is 2.38 bits per heavy atom. The predicted octanol–water partition coefficient (Wildman–Crippen LogP) is 4.96. The molecule has 126 valence electrons. The maximum atomic E-state index is 12.4. The van der Waals surface area contributed by atoms with E-state index in [9.17, 15) is 10.1 Å². The third-order valence-electron chi connectivity index (χ3n) is 3.43. The number of amides is 1. The lowest BCUT2D eigenvalue weighted by atomic mass is 9.86. The second kappa shape index (κ2) is 7.06. The van der Waals surface area contributed by atoms with E-state index in [-0.39, 0.29) is 17.4 Å². The minimum absolute atomic E-state index is 0.0878. The number of nitriles is 1. The number of ether oxygens (including phenoxy) is 1. The SMILES string of the molecule is CC(C)Oc1ccc(C(=O)Nc2scc(C(C)(C)C)c2C#N)cc1. The van der Waals surface area contributed by atoms with Crippen LogP contribution in [0, 0.1) is 11.3 Å². The summed E-state index contributed by atoms with van der Waals surface area (Å²) in [4.78, 5) is 12.4. The Balaban J connectivity index is 2.18. The van der Waals surface area contributed by atoms with Crippen LogP contribution < -0.4 is 10.1 Å². The van der Waals surface area contributed by atoms with Gasteiger partial charge in [0, 0.05) is 5.56 Å². The monoisotopic (exact) mass is 342 g/mol. The van der Waals surface area contributed by atoms with Crippen LogP contribution in [0.4, 0.5) is 5.00 Å². The van der Waals surface area contributed by atoms with Gasteiger partial charge in [0.25, 0.3) is 5.91 Å². The lowest BCUT2D eigenvalue weighted by Crippen LogP contribution is -2.14. The van der Waals surface area contributed by atoms with Crippen LogP contribution in [0.2, 0.25) is 0 Å². The van der Waals surface area contributed by atoms with Crippen molar-refractivity contribution in [1.29, 1.82) is 5.26 Å². The molecule has 0 unspecified atom stereocenters. The summed E-state index contributed by atoms with van der Waals surface area (Å²) in [6, 6.07) is 9.20. The van der Waals surface area contributed by atoms with Crippen molar-refractivity contribution < 1.29 is 9.53 Å². The minimum atomic E-state index is -0.232. The summed E-state index contributed by atoms with van der Waals surface area (Å²) >= 11 is 1.38. The van der Waals surface area contributed by atoms with E-state index in [0.29, 0.717) is 16.1 Å². The molecule has 1 heterocycles. The fourth-order valence-electron chi connectivity index (χ4n) is 2.25. The van der Waals surface area contributed by atoms with Crippen LogP contribution in [0.5, 0.6) is 5.75 Å². The van der Waals surface area contributed by atoms with Crippen molar-refractivity contribution in [3.05, 3.63) is 46.3 Å². The van der Waals surface area contributed by atoms with Crippen molar-refractivity contribution in [2.75, 3.05) is 5.32 Å². The predicted molar refractivity (Wildman–Crippen MR) is 97.9 cm³/mol. The van der Waals surface area contributed by atoms with Crippen molar-refractivity contribution in [2.24, 2.45) is 0 Å². The lowest BCUT2D eigenvalue weighted by molar-refractivity contribution is 0.102. The minimum Gasteiger partial charge on any atom is -0.491 e. The first-order chi connectivity index (χ1) is 11.2. The molecule has 0 saturated carbocycles. The second-order valence-electron chi connectivity index (χ2n) is 6.86. The van der Waals surface area contributed by atoms with E-state index in [0.717, 1.165) is 11.3 Å². The fourth-order valence-corrected chi connectivity index (χ4v) is 3.38. The van der Waals surface area contributed by atoms with Crippen LogP contribution in [0.15, 0.2) is 29.6 Å². The van der Waals surface area contributed by atoms with E-state index in [1.165, 1.54) is 11.3 Å². The summed E-state index contributed by atoms with van der Waals surface area (Å²) in [5.41, 5.74) is 1.88. The molecule has 4 nitrogen and oxygen atoms in total. The molecule has 0 aliphatic rings. The van der Waals surface area contributed by atoms with Gasteiger partial charge in [-0.2, -0.15) is 5.26 Å². The molecule has 24 heavy (non-hydrogen) atoms. The Kier molecular flexibility index (Phi) is 5.30. The third-order valence-corrected chi connectivity index (χ3v) is 4.32. The number of anilines is 1. The molecule has 0 aliphatic heterocycles. The van der Waals surface area contributed by atoms with Gasteiger partial charge in [-0.1, -0.05) is 20.8 Å². The van der Waals surface area contributed by atoms with Crippen molar-refractivity contribution in [2.45, 2.75) is 46.1 Å². The van der Waals surface area contributed by atoms with Crippen LogP contribution >= 0.6 is 11.3 Å². The molecule has 0 bridgehead atoms. The number of carbonyl (C=O) groups excluding carboxylic acids is 1. The Bertz CT molecular complexity index is 762. The Morgan fingerprint density at radius 1 is 1.25 bits per heavy atom. The van der Waals surface area contributed by atoms with Crippen molar-refractivity contribution in [1.82, 2.24) is 0 Å². The van der Waals surface area contributed by atoms with Gasteiger partial charge in [0.15, 0.2) is 0 Å². The molecule has 2 rings (SSSR count). The molecule has 0 fully saturated rings. The molecule has 0 spiro atoms. The Morgan fingerprint density at radius 2 is 1.88 bits per heavy atom. The van der Waals surface area contributed by atoms with Crippen LogP contribution in [0.1, 0.15) is 56.1 Å². The number of nitrogens with zero attached hydrogens (tertiary/aromatic N) is 1. The van der Waals surface area contributed by atoms with E-state index >= 15 is 0 Å². The average Bonchev–Trinajstić information content (AvgIpc) is 2.90. The van der Waals surface area contributed by atoms with Crippen molar-refractivity contribution >= 4 is 22.2 Å². The number of thiophene rings is 1. The lowest BCUT2D eigenvalue weighted by Gasteiger charge is -2.17. The molecule has 1 aromatic carbocycles. The van der Waals surface area contributed by atoms with E-state index in [1.54, 1.807) is 24.3 Å². The maximum Gasteiger partial charge on any atom is 0.256 e. The quantitative estimate of drug-likeness (QED) is 0.854. The van der Waals surface area contributed by atoms with E-state index in [2.05, 4.69) is 32.2 Å². The van der Waals surface area contributed by atoms with Crippen LogP contribution in [-0.2, 0) is 5.41 Å². The van der Waals surface area contributed by atoms with Gasteiger partial charge in [0.1, 0.15) is 16.8 Å². The van der Waals surface area contributed by atoms with Crippen molar-refractivity contribution in [3.8, 4) is 11.8 Å². The smallest absolute Gasteiger partial charge is 0.256 e. The first-order valence-electron chi connectivity index (χ1n) is 7.82. The van der Waals surface area contributed by atoms with Gasteiger partial charge in [-0.3, -0.25) is 4.79 Å². The zero-order valence-electron chi connectivity index (χ0n) is 14.6. The number of hydrogen-bond acceptors (Lipinski definition) is 4. The highest BCUT2D eigenvalue weighted by Crippen LogP contribution is 2.35. The highest BCUT2D eigenvalue weighted by atomic mass is 32.1. The molecule has 0 atom stereocenters. The van der Waals surface area contributed by atoms with Gasteiger partial charge in [-0.05, 0) is 54.5 Å². The number of benzene rings is 1. The zero-order valence-corrected chi connectivity index (χ0v) is 15.5. The number of carbonyl (C=O) groups is 1. The molecular formula is C19H22N2O2S. The normalized spacial score (nSPS) is 11.2. The molecule has 1 amide bonds. The second-order valence-corrected chi connectivity index (χ2v) is 7.74. The first-order valence-corrected chi connectivity index (χ1v) is 8.70. The van der Waals surface area contributed by atoms with E-state index in [4.69, 9.17) is 4.74 Å². The van der Waals surface area contributed by atoms with Crippen molar-refractivity contribution in [3.63, 3.8) is 0 Å². The van der Waals surface area contributed by atoms with Crippen LogP contribution in [0.3, 0.4) is 0 Å². The summed E-state index contributed by atoms with van der Waals surface area (Å²) in [7, 11) is 0. The highest BCUT2D eigenvalue weighted by Gasteiger charge is 2.23. The number of rotatable bonds is 4. The largest absolute Gasteiger partial charge is 0.491 e. The highest BCUT2D eigenvalue weighted by molar-refractivity contribution is 7.14. The summed E-state index contributed by atoms with van der Waals surface area (Å²) in [5.74, 6) is 0.496. The third kappa shape index (κ3) is 4.15. The average molecular weight is 342 g/mol. The number of hydrogen-bond donors (Lipinski definition) is 1. The molecule has 0 saturated heterocycles. The van der Waals surface area contributed by atoms with E-state index < -0.39 is 0 Å². The molecule has 2 aromatic rings. The van der Waals surface area contributed by atoms with Gasteiger partial charge in [-0.25, -0.2) is 0 Å². The van der Waals surface area contributed by atoms with Gasteiger partial charge in [-0.15, -0.1) is 11.3 Å². The number of nitrogens with one attached hydrogen (secondary N) is 1. The van der Waals surface area contributed by atoms with Gasteiger partial charge < -0.3 is 10.1 Å². The zero-order chi connectivity index (χ0) is 17.9. The van der Waals surface area contributed by atoms with Crippen LogP contribution in [0.25, 0.3) is 0 Å². The standard InChI is InChI=1S/C19H22N2O2S/c1-12(2)23-14-8-6-13(7-9-14)17(22)21-18-15(10-20)16(11-24-18)19(3,4)5/h6-9,11-12H,1-5H3,(H,21,22). The molecule has 0 aliphatic carbocycles. The first kappa shape index (κ1) is 18.0. The Hall–Kier alpha value is -2.32. The summed E-state index contributed by atoms with van der Waals surface area (Å²) < 4.78 is 5.57. The summed E-state index contributed by atoms with van der Waals surface area (Å²) in [6.45, 7) is 10.1. The Labute approximate surface area is 147 Å². The maximum absolute atomic E-state index is 12.4. The van der Waals surface area contributed by atoms with Gasteiger partial charge >= 0.3 is 0 Å². The van der Waals surface area contributed by atoms with E-state index in [1.807, 2.05) is 19.2 Å². The van der Waals surface area contributed by atoms with Gasteiger partial charge in [0.2, 0.25) is 0 Å². The molecule has 1 N–H and O–H groups in total. The molecule has 1 aromatic heterocycles. The summed E-state index contributed by atoms with van der Waals surface area (Å²) in [6.07, 6.45) is 0.0878. The van der Waals surface area contributed by atoms with Crippen LogP contribution in [-0.4, -0.2) is 12.0 Å². The summed E-state index contributed by atoms with van der Waals surface area (Å²) in [5, 5.41) is 14.8. The topological polar surface area (TPSA) is 62.1 Å². The fraction of sp³-hybridized carbons (Fsp3) is 0.368. The molecular weight excluding hydrogens is 320 g/mol. The van der Waals surface area contributed by atoms with Gasteiger partial charge in [0.05, 0.1) is 11.7 Å². The molecule has 0 radical (unpaired) electrons.